The summed E-state index contributed by atoms with van der Waals surface area (Å²) in [5.41, 5.74) is -0.0599. The third-order valence-electron chi connectivity index (χ3n) is 2.25. The van der Waals surface area contributed by atoms with Crippen LogP contribution in [0.1, 0.15) is 5.56 Å². The van der Waals surface area contributed by atoms with E-state index in [-0.39, 0.29) is 21.7 Å². The van der Waals surface area contributed by atoms with Crippen molar-refractivity contribution in [2.75, 3.05) is 0 Å². The summed E-state index contributed by atoms with van der Waals surface area (Å²) in [5.74, 6) is -1.62. The van der Waals surface area contributed by atoms with Crippen molar-refractivity contribution >= 4 is 11.6 Å². The minimum Gasteiger partial charge on any atom is -0.206 e. The molecule has 0 amide bonds. The van der Waals surface area contributed by atoms with Gasteiger partial charge in [-0.15, -0.1) is 0 Å². The molecule has 17 heavy (non-hydrogen) atoms. The Labute approximate surface area is 102 Å². The highest BCUT2D eigenvalue weighted by Crippen LogP contribution is 2.32. The summed E-state index contributed by atoms with van der Waals surface area (Å²) in [6.07, 6.45) is 0. The zero-order valence-electron chi connectivity index (χ0n) is 8.47. The molecule has 0 aliphatic rings. The fraction of sp³-hybridized carbons (Fsp3) is 0. The summed E-state index contributed by atoms with van der Waals surface area (Å²) >= 11 is 5.85. The summed E-state index contributed by atoms with van der Waals surface area (Å²) < 4.78 is 27.4. The van der Waals surface area contributed by atoms with Gasteiger partial charge in [0.25, 0.3) is 0 Å². The maximum atomic E-state index is 13.7. The summed E-state index contributed by atoms with van der Waals surface area (Å²) in [7, 11) is 0. The van der Waals surface area contributed by atoms with Gasteiger partial charge >= 0.3 is 0 Å². The van der Waals surface area contributed by atoms with Gasteiger partial charge in [-0.2, -0.15) is 5.26 Å². The van der Waals surface area contributed by atoms with Crippen LogP contribution in [0.25, 0.3) is 11.1 Å². The largest absolute Gasteiger partial charge is 0.206 e. The van der Waals surface area contributed by atoms with Gasteiger partial charge in [0.2, 0.25) is 0 Å². The van der Waals surface area contributed by atoms with Crippen LogP contribution in [0.5, 0.6) is 0 Å². The Balaban J connectivity index is 2.70. The van der Waals surface area contributed by atoms with E-state index in [2.05, 4.69) is 6.07 Å². The molecule has 1 radical (unpaired) electrons. The molecule has 0 saturated carbocycles. The normalized spacial score (nSPS) is 10.0. The molecule has 0 atom stereocenters. The van der Waals surface area contributed by atoms with Crippen LogP contribution in [0, 0.1) is 29.0 Å². The number of rotatable bonds is 1. The first-order valence-corrected chi connectivity index (χ1v) is 5.06. The topological polar surface area (TPSA) is 23.8 Å². The second-order valence-electron chi connectivity index (χ2n) is 3.33. The molecule has 0 unspecified atom stereocenters. The second kappa shape index (κ2) is 4.52. The lowest BCUT2D eigenvalue weighted by molar-refractivity contribution is 0.589. The third-order valence-corrected chi connectivity index (χ3v) is 2.57. The maximum absolute atomic E-state index is 13.7. The molecule has 0 spiro atoms. The van der Waals surface area contributed by atoms with Crippen LogP contribution < -0.4 is 0 Å². The number of hydrogen-bond acceptors (Lipinski definition) is 1. The summed E-state index contributed by atoms with van der Waals surface area (Å²) in [4.78, 5) is 0. The van der Waals surface area contributed by atoms with E-state index in [9.17, 15) is 8.78 Å². The van der Waals surface area contributed by atoms with E-state index in [1.165, 1.54) is 18.2 Å². The molecule has 1 nitrogen and oxygen atoms in total. The molecular weight excluding hydrogens is 244 g/mol. The zero-order valence-corrected chi connectivity index (χ0v) is 9.22. The van der Waals surface area contributed by atoms with Crippen LogP contribution in [0.15, 0.2) is 30.3 Å². The van der Waals surface area contributed by atoms with E-state index in [4.69, 9.17) is 16.9 Å². The number of hydrogen-bond donors (Lipinski definition) is 0. The van der Waals surface area contributed by atoms with Gasteiger partial charge in [-0.05, 0) is 24.3 Å². The highest BCUT2D eigenvalue weighted by atomic mass is 35.5. The van der Waals surface area contributed by atoms with Crippen LogP contribution in [0.4, 0.5) is 8.78 Å². The molecular formula is C13H5ClF2N. The smallest absolute Gasteiger partial charge is 0.135 e. The van der Waals surface area contributed by atoms with Crippen molar-refractivity contribution < 1.29 is 8.78 Å². The Kier molecular flexibility index (Phi) is 3.08. The highest BCUT2D eigenvalue weighted by Gasteiger charge is 2.15. The van der Waals surface area contributed by atoms with Gasteiger partial charge < -0.3 is 0 Å². The van der Waals surface area contributed by atoms with Crippen LogP contribution in [0.3, 0.4) is 0 Å². The van der Waals surface area contributed by atoms with Gasteiger partial charge in [-0.25, -0.2) is 8.78 Å². The van der Waals surface area contributed by atoms with Crippen LogP contribution in [-0.2, 0) is 0 Å². The van der Waals surface area contributed by atoms with E-state index < -0.39 is 11.6 Å². The average molecular weight is 249 g/mol. The Hall–Kier alpha value is -1.92. The zero-order chi connectivity index (χ0) is 12.4. The molecule has 0 aliphatic carbocycles. The van der Waals surface area contributed by atoms with E-state index in [0.29, 0.717) is 0 Å². The minimum atomic E-state index is -0.811. The lowest BCUT2D eigenvalue weighted by Crippen LogP contribution is -1.93. The van der Waals surface area contributed by atoms with E-state index in [0.717, 1.165) is 12.1 Å². The van der Waals surface area contributed by atoms with Crippen molar-refractivity contribution in [3.63, 3.8) is 0 Å². The molecule has 0 aliphatic heterocycles. The number of nitriles is 1. The Morgan fingerprint density at radius 3 is 2.41 bits per heavy atom. The standard InChI is InChI=1S/C13H5ClF2N/c14-10-4-2-1-3-9(10)13-11(15)5-8(7-17)6-12(13)16/h1,3-6H. The molecule has 83 valence electrons. The van der Waals surface area contributed by atoms with Gasteiger partial charge in [0.1, 0.15) is 11.6 Å². The maximum Gasteiger partial charge on any atom is 0.135 e. The van der Waals surface area contributed by atoms with Gasteiger partial charge in [0.15, 0.2) is 0 Å². The van der Waals surface area contributed by atoms with Gasteiger partial charge in [-0.1, -0.05) is 23.7 Å². The van der Waals surface area contributed by atoms with Gasteiger partial charge in [0, 0.05) is 10.6 Å². The van der Waals surface area contributed by atoms with E-state index in [1.807, 2.05) is 0 Å². The monoisotopic (exact) mass is 248 g/mol. The molecule has 2 rings (SSSR count). The minimum absolute atomic E-state index is 0.0673. The molecule has 2 aromatic carbocycles. The predicted octanol–water partition coefficient (Wildman–Crippen LogP) is 3.96. The molecule has 4 heteroatoms. The van der Waals surface area contributed by atoms with Crippen molar-refractivity contribution in [3.8, 4) is 17.2 Å². The molecule has 0 N–H and O–H groups in total. The molecule has 0 aromatic heterocycles. The SMILES string of the molecule is N#Cc1cc(F)c(-c2cc[c]cc2Cl)c(F)c1. The Morgan fingerprint density at radius 2 is 1.88 bits per heavy atom. The van der Waals surface area contributed by atoms with Crippen LogP contribution in [-0.4, -0.2) is 0 Å². The summed E-state index contributed by atoms with van der Waals surface area (Å²) in [6.45, 7) is 0. The predicted molar refractivity (Wildman–Crippen MR) is 60.4 cm³/mol. The van der Waals surface area contributed by atoms with Crippen molar-refractivity contribution in [1.82, 2.24) is 0 Å². The molecule has 2 aromatic rings. The van der Waals surface area contributed by atoms with Crippen LogP contribution >= 0.6 is 11.6 Å². The fourth-order valence-corrected chi connectivity index (χ4v) is 1.73. The Bertz CT molecular complexity index is 594. The Morgan fingerprint density at radius 1 is 1.24 bits per heavy atom. The van der Waals surface area contributed by atoms with Gasteiger partial charge in [0.05, 0.1) is 17.2 Å². The first-order chi connectivity index (χ1) is 8.13. The fourth-order valence-electron chi connectivity index (χ4n) is 1.51. The molecule has 0 fully saturated rings. The van der Waals surface area contributed by atoms with Crippen LogP contribution in [0.2, 0.25) is 5.02 Å². The number of benzene rings is 2. The average Bonchev–Trinajstić information content (AvgIpc) is 2.30. The third kappa shape index (κ3) is 2.13. The van der Waals surface area contributed by atoms with Crippen molar-refractivity contribution in [2.24, 2.45) is 0 Å². The lowest BCUT2D eigenvalue weighted by Gasteiger charge is -2.07. The summed E-state index contributed by atoms with van der Waals surface area (Å²) in [6, 6.07) is 10.7. The first kappa shape index (κ1) is 11.6. The van der Waals surface area contributed by atoms with Crippen molar-refractivity contribution in [3.05, 3.63) is 58.6 Å². The van der Waals surface area contributed by atoms with Crippen molar-refractivity contribution in [1.29, 1.82) is 5.26 Å². The van der Waals surface area contributed by atoms with E-state index in [1.54, 1.807) is 6.07 Å². The van der Waals surface area contributed by atoms with Crippen molar-refractivity contribution in [2.45, 2.75) is 0 Å². The molecule has 0 bridgehead atoms. The van der Waals surface area contributed by atoms with E-state index >= 15 is 0 Å². The first-order valence-electron chi connectivity index (χ1n) is 4.68. The molecule has 0 heterocycles. The van der Waals surface area contributed by atoms with Gasteiger partial charge in [-0.3, -0.25) is 0 Å². The lowest BCUT2D eigenvalue weighted by atomic mass is 10.0. The number of nitrogens with zero attached hydrogens (tertiary/aromatic N) is 1. The molecule has 0 saturated heterocycles. The quantitative estimate of drug-likeness (QED) is 0.749. The highest BCUT2D eigenvalue weighted by molar-refractivity contribution is 6.33. The number of halogens is 3. The summed E-state index contributed by atoms with van der Waals surface area (Å²) in [5, 5.41) is 8.79. The second-order valence-corrected chi connectivity index (χ2v) is 3.74.